The molecule has 98 valence electrons. The van der Waals surface area contributed by atoms with Crippen molar-refractivity contribution in [1.29, 1.82) is 0 Å². The third kappa shape index (κ3) is 2.67. The van der Waals surface area contributed by atoms with Gasteiger partial charge in [0.05, 0.1) is 13.1 Å². The first-order valence-electron chi connectivity index (χ1n) is 8.00. The van der Waals surface area contributed by atoms with Crippen LogP contribution in [-0.4, -0.2) is 24.5 Å². The molecule has 0 aromatic rings. The van der Waals surface area contributed by atoms with Crippen LogP contribution in [0.1, 0.15) is 51.4 Å². The predicted octanol–water partition coefficient (Wildman–Crippen LogP) is 3.51. The fourth-order valence-electron chi connectivity index (χ4n) is 3.06. The van der Waals surface area contributed by atoms with E-state index in [1.165, 1.54) is 51.4 Å². The number of hydrogen-bond acceptors (Lipinski definition) is 2. The molecule has 0 N–H and O–H groups in total. The zero-order chi connectivity index (χ0) is 11.9. The zero-order valence-corrected chi connectivity index (χ0v) is 11.3. The molecule has 0 unspecified atom stereocenters. The molecular weight excluding hydrogens is 220 g/mol. The van der Waals surface area contributed by atoms with Gasteiger partial charge in [-0.15, -0.1) is 0 Å². The Labute approximate surface area is 110 Å². The Morgan fingerprint density at radius 1 is 0.556 bits per heavy atom. The zero-order valence-electron chi connectivity index (χ0n) is 11.3. The van der Waals surface area contributed by atoms with Gasteiger partial charge in [0.25, 0.3) is 0 Å². The Morgan fingerprint density at radius 3 is 1.06 bits per heavy atom. The lowest BCUT2D eigenvalue weighted by atomic mass is 10.1. The lowest BCUT2D eigenvalue weighted by Gasteiger charge is -2.04. The first-order chi connectivity index (χ1) is 8.92. The lowest BCUT2D eigenvalue weighted by molar-refractivity contribution is 0.907. The van der Waals surface area contributed by atoms with Gasteiger partial charge >= 0.3 is 0 Å². The summed E-state index contributed by atoms with van der Waals surface area (Å²) >= 11 is 0. The summed E-state index contributed by atoms with van der Waals surface area (Å²) in [5.74, 6) is 3.53. The van der Waals surface area contributed by atoms with E-state index in [0.29, 0.717) is 0 Å². The summed E-state index contributed by atoms with van der Waals surface area (Å²) in [6, 6.07) is 0. The van der Waals surface area contributed by atoms with Crippen molar-refractivity contribution in [2.45, 2.75) is 51.4 Å². The quantitative estimate of drug-likeness (QED) is 0.483. The van der Waals surface area contributed by atoms with Gasteiger partial charge in [-0.25, -0.2) is 0 Å². The number of hydrogen-bond donors (Lipinski definition) is 0. The minimum atomic E-state index is 0.882. The second-order valence-electron chi connectivity index (χ2n) is 6.71. The first kappa shape index (κ1) is 11.2. The molecule has 2 heteroatoms. The van der Waals surface area contributed by atoms with Gasteiger partial charge in [0.1, 0.15) is 0 Å². The van der Waals surface area contributed by atoms with E-state index in [9.17, 15) is 0 Å². The van der Waals surface area contributed by atoms with Crippen molar-refractivity contribution in [3.05, 3.63) is 0 Å². The highest BCUT2D eigenvalue weighted by atomic mass is 14.9. The molecule has 4 saturated carbocycles. The molecule has 0 aromatic heterocycles. The summed E-state index contributed by atoms with van der Waals surface area (Å²) in [6.45, 7) is 1.93. The summed E-state index contributed by atoms with van der Waals surface area (Å²) in [5.41, 5.74) is 3.15. The number of rotatable bonds is 7. The number of aliphatic imine (C=N–C) groups is 2. The Kier molecular flexibility index (Phi) is 2.78. The van der Waals surface area contributed by atoms with Crippen LogP contribution >= 0.6 is 0 Å². The van der Waals surface area contributed by atoms with Crippen LogP contribution in [0.5, 0.6) is 0 Å². The van der Waals surface area contributed by atoms with E-state index in [1.54, 1.807) is 11.4 Å². The molecule has 0 aliphatic heterocycles. The Hall–Kier alpha value is -0.660. The van der Waals surface area contributed by atoms with E-state index in [0.717, 1.165) is 36.8 Å². The van der Waals surface area contributed by atoms with Crippen LogP contribution in [0.25, 0.3) is 0 Å². The van der Waals surface area contributed by atoms with Gasteiger partial charge in [-0.05, 0) is 75.0 Å². The normalized spacial score (nSPS) is 26.9. The molecule has 0 spiro atoms. The van der Waals surface area contributed by atoms with Gasteiger partial charge in [0.2, 0.25) is 0 Å². The summed E-state index contributed by atoms with van der Waals surface area (Å²) < 4.78 is 0. The highest BCUT2D eigenvalue weighted by Crippen LogP contribution is 2.43. The highest BCUT2D eigenvalue weighted by molar-refractivity contribution is 5.93. The topological polar surface area (TPSA) is 24.7 Å². The van der Waals surface area contributed by atoms with Crippen molar-refractivity contribution in [3.63, 3.8) is 0 Å². The molecule has 18 heavy (non-hydrogen) atoms. The van der Waals surface area contributed by atoms with Gasteiger partial charge in [0.15, 0.2) is 0 Å². The highest BCUT2D eigenvalue weighted by Gasteiger charge is 2.38. The molecule has 0 heterocycles. The van der Waals surface area contributed by atoms with Crippen molar-refractivity contribution >= 4 is 11.4 Å². The molecular formula is C16H24N2. The van der Waals surface area contributed by atoms with Crippen LogP contribution in [0, 0.1) is 23.7 Å². The van der Waals surface area contributed by atoms with Gasteiger partial charge < -0.3 is 0 Å². The fourth-order valence-corrected chi connectivity index (χ4v) is 3.06. The average Bonchev–Trinajstić information content (AvgIpc) is 3.25. The van der Waals surface area contributed by atoms with E-state index in [2.05, 4.69) is 0 Å². The lowest BCUT2D eigenvalue weighted by Crippen LogP contribution is -2.08. The largest absolute Gasteiger partial charge is 0.292 e. The van der Waals surface area contributed by atoms with E-state index in [-0.39, 0.29) is 0 Å². The minimum absolute atomic E-state index is 0.882. The van der Waals surface area contributed by atoms with Gasteiger partial charge in [-0.3, -0.25) is 9.98 Å². The summed E-state index contributed by atoms with van der Waals surface area (Å²) in [6.07, 6.45) is 11.3. The van der Waals surface area contributed by atoms with Crippen molar-refractivity contribution in [2.75, 3.05) is 13.1 Å². The molecule has 0 amide bonds. The second kappa shape index (κ2) is 4.47. The van der Waals surface area contributed by atoms with Crippen LogP contribution in [0.2, 0.25) is 0 Å². The summed E-state index contributed by atoms with van der Waals surface area (Å²) in [7, 11) is 0. The maximum Gasteiger partial charge on any atom is 0.0584 e. The molecule has 0 atom stereocenters. The van der Waals surface area contributed by atoms with E-state index < -0.39 is 0 Å². The van der Waals surface area contributed by atoms with Crippen molar-refractivity contribution in [1.82, 2.24) is 0 Å². The monoisotopic (exact) mass is 244 g/mol. The number of nitrogens with zero attached hydrogens (tertiary/aromatic N) is 2. The second-order valence-corrected chi connectivity index (χ2v) is 6.71. The Morgan fingerprint density at radius 2 is 0.833 bits per heavy atom. The Bertz CT molecular complexity index is 314. The van der Waals surface area contributed by atoms with E-state index in [4.69, 9.17) is 9.98 Å². The third-order valence-electron chi connectivity index (χ3n) is 4.67. The van der Waals surface area contributed by atoms with Crippen LogP contribution in [0.15, 0.2) is 9.98 Å². The van der Waals surface area contributed by atoms with E-state index >= 15 is 0 Å². The van der Waals surface area contributed by atoms with Crippen molar-refractivity contribution in [3.8, 4) is 0 Å². The summed E-state index contributed by atoms with van der Waals surface area (Å²) in [5, 5.41) is 0. The third-order valence-corrected chi connectivity index (χ3v) is 4.67. The fraction of sp³-hybridized carbons (Fsp3) is 0.875. The molecule has 2 nitrogen and oxygen atoms in total. The van der Waals surface area contributed by atoms with Gasteiger partial charge in [-0.2, -0.15) is 0 Å². The predicted molar refractivity (Wildman–Crippen MR) is 75.5 cm³/mol. The first-order valence-corrected chi connectivity index (χ1v) is 8.00. The van der Waals surface area contributed by atoms with Crippen LogP contribution in [0.4, 0.5) is 0 Å². The molecule has 4 rings (SSSR count). The standard InChI is InChI=1S/C16H24N2/c1-2-11(1)15(12-3-4-12)17-9-10-18-16(13-5-6-13)14-7-8-14/h11-14H,1-10H2. The molecule has 0 bridgehead atoms. The average molecular weight is 244 g/mol. The molecule has 0 saturated heterocycles. The molecule has 0 aromatic carbocycles. The maximum absolute atomic E-state index is 4.89. The molecule has 4 aliphatic carbocycles. The maximum atomic E-state index is 4.89. The summed E-state index contributed by atoms with van der Waals surface area (Å²) in [4.78, 5) is 9.78. The van der Waals surface area contributed by atoms with E-state index in [1.807, 2.05) is 0 Å². The molecule has 4 aliphatic rings. The SMILES string of the molecule is C(CN=C(C1CC1)C1CC1)N=C(C1CC1)C1CC1. The van der Waals surface area contributed by atoms with Crippen molar-refractivity contribution in [2.24, 2.45) is 33.7 Å². The molecule has 0 radical (unpaired) electrons. The van der Waals surface area contributed by atoms with Gasteiger partial charge in [-0.1, -0.05) is 0 Å². The van der Waals surface area contributed by atoms with Gasteiger partial charge in [0, 0.05) is 11.4 Å². The molecule has 4 fully saturated rings. The smallest absolute Gasteiger partial charge is 0.0584 e. The minimum Gasteiger partial charge on any atom is -0.292 e. The van der Waals surface area contributed by atoms with Crippen LogP contribution < -0.4 is 0 Å². The van der Waals surface area contributed by atoms with Crippen LogP contribution in [0.3, 0.4) is 0 Å². The van der Waals surface area contributed by atoms with Crippen molar-refractivity contribution < 1.29 is 0 Å². The Balaban J connectivity index is 1.31. The van der Waals surface area contributed by atoms with Crippen LogP contribution in [-0.2, 0) is 0 Å².